The van der Waals surface area contributed by atoms with Crippen LogP contribution in [0.4, 0.5) is 20.3 Å². The Morgan fingerprint density at radius 1 is 1.26 bits per heavy atom. The molecule has 2 N–H and O–H groups in total. The Balaban J connectivity index is 2.03. The van der Waals surface area contributed by atoms with Crippen molar-refractivity contribution in [2.45, 2.75) is 6.42 Å². The fourth-order valence-electron chi connectivity index (χ4n) is 1.79. The third kappa shape index (κ3) is 4.96. The maximum Gasteiger partial charge on any atom is 0.270 e. The van der Waals surface area contributed by atoms with Crippen molar-refractivity contribution in [1.82, 2.24) is 15.3 Å². The zero-order chi connectivity index (χ0) is 16.7. The molecule has 122 valence electrons. The Bertz CT molecular complexity index is 682. The maximum atomic E-state index is 13.6. The van der Waals surface area contributed by atoms with Gasteiger partial charge in [-0.25, -0.2) is 18.7 Å². The van der Waals surface area contributed by atoms with E-state index in [1.165, 1.54) is 18.5 Å². The van der Waals surface area contributed by atoms with Crippen LogP contribution in [0, 0.1) is 11.6 Å². The Hall–Kier alpha value is -2.61. The molecule has 1 amide bonds. The van der Waals surface area contributed by atoms with E-state index in [1.807, 2.05) is 0 Å². The van der Waals surface area contributed by atoms with Crippen LogP contribution in [-0.2, 0) is 4.74 Å². The summed E-state index contributed by atoms with van der Waals surface area (Å²) < 4.78 is 31.4. The van der Waals surface area contributed by atoms with Gasteiger partial charge in [-0.1, -0.05) is 0 Å². The minimum absolute atomic E-state index is 0.0524. The fourth-order valence-corrected chi connectivity index (χ4v) is 1.79. The smallest absolute Gasteiger partial charge is 0.270 e. The predicted octanol–water partition coefficient (Wildman–Crippen LogP) is 2.26. The van der Waals surface area contributed by atoms with E-state index in [9.17, 15) is 13.6 Å². The van der Waals surface area contributed by atoms with Gasteiger partial charge >= 0.3 is 0 Å². The third-order valence-corrected chi connectivity index (χ3v) is 2.90. The number of rotatable bonds is 7. The number of hydrogen-bond acceptors (Lipinski definition) is 5. The molecule has 1 heterocycles. The highest BCUT2D eigenvalue weighted by atomic mass is 19.1. The second-order valence-corrected chi connectivity index (χ2v) is 4.64. The molecule has 0 saturated heterocycles. The van der Waals surface area contributed by atoms with Gasteiger partial charge in [0.15, 0.2) is 0 Å². The number of nitrogens with one attached hydrogen (secondary N) is 2. The largest absolute Gasteiger partial charge is 0.385 e. The molecular weight excluding hydrogens is 306 g/mol. The first-order valence-corrected chi connectivity index (χ1v) is 6.91. The summed E-state index contributed by atoms with van der Waals surface area (Å²) in [6.45, 7) is 0.993. The summed E-state index contributed by atoms with van der Waals surface area (Å²) in [5.41, 5.74) is 0.194. The fraction of sp³-hybridized carbons (Fsp3) is 0.267. The minimum Gasteiger partial charge on any atom is -0.385 e. The van der Waals surface area contributed by atoms with Crippen LogP contribution >= 0.6 is 0 Å². The van der Waals surface area contributed by atoms with Crippen molar-refractivity contribution in [3.8, 4) is 0 Å². The van der Waals surface area contributed by atoms with E-state index in [0.29, 0.717) is 19.6 Å². The van der Waals surface area contributed by atoms with E-state index >= 15 is 0 Å². The van der Waals surface area contributed by atoms with Gasteiger partial charge in [-0.3, -0.25) is 4.79 Å². The van der Waals surface area contributed by atoms with Crippen LogP contribution in [0.1, 0.15) is 16.9 Å². The van der Waals surface area contributed by atoms with Gasteiger partial charge in [0.05, 0.1) is 5.69 Å². The first-order chi connectivity index (χ1) is 11.1. The van der Waals surface area contributed by atoms with Crippen molar-refractivity contribution in [3.05, 3.63) is 47.9 Å². The number of nitrogens with zero attached hydrogens (tertiary/aromatic N) is 2. The van der Waals surface area contributed by atoms with E-state index in [0.717, 1.165) is 12.1 Å². The first-order valence-electron chi connectivity index (χ1n) is 6.91. The van der Waals surface area contributed by atoms with Gasteiger partial charge in [-0.2, -0.15) is 0 Å². The number of carbonyl (C=O) groups is 1. The van der Waals surface area contributed by atoms with Crippen LogP contribution in [0.2, 0.25) is 0 Å². The quantitative estimate of drug-likeness (QED) is 0.765. The number of amides is 1. The Morgan fingerprint density at radius 2 is 2.09 bits per heavy atom. The number of ether oxygens (including phenoxy) is 1. The summed E-state index contributed by atoms with van der Waals surface area (Å²) >= 11 is 0. The second-order valence-electron chi connectivity index (χ2n) is 4.64. The van der Waals surface area contributed by atoms with Crippen LogP contribution in [0.15, 0.2) is 30.6 Å². The molecule has 2 rings (SSSR count). The number of carbonyl (C=O) groups excluding carboxylic acids is 1. The molecule has 0 aliphatic heterocycles. The normalized spacial score (nSPS) is 10.4. The highest BCUT2D eigenvalue weighted by Crippen LogP contribution is 2.19. The van der Waals surface area contributed by atoms with Crippen molar-refractivity contribution >= 4 is 17.4 Å². The van der Waals surface area contributed by atoms with E-state index < -0.39 is 11.6 Å². The van der Waals surface area contributed by atoms with Gasteiger partial charge in [0, 0.05) is 32.4 Å². The van der Waals surface area contributed by atoms with Crippen molar-refractivity contribution in [3.63, 3.8) is 0 Å². The van der Waals surface area contributed by atoms with E-state index in [-0.39, 0.29) is 23.1 Å². The second kappa shape index (κ2) is 8.14. The number of hydrogen-bond donors (Lipinski definition) is 2. The molecular formula is C15H16F2N4O2. The van der Waals surface area contributed by atoms with Crippen LogP contribution in [0.25, 0.3) is 0 Å². The van der Waals surface area contributed by atoms with E-state index in [2.05, 4.69) is 20.6 Å². The van der Waals surface area contributed by atoms with Gasteiger partial charge in [0.1, 0.15) is 29.5 Å². The number of benzene rings is 1. The lowest BCUT2D eigenvalue weighted by molar-refractivity contribution is 0.0943. The zero-order valence-electron chi connectivity index (χ0n) is 12.5. The molecule has 8 heteroatoms. The van der Waals surface area contributed by atoms with Crippen molar-refractivity contribution in [1.29, 1.82) is 0 Å². The summed E-state index contributed by atoms with van der Waals surface area (Å²) in [5.74, 6) is -1.57. The monoisotopic (exact) mass is 322 g/mol. The molecule has 0 unspecified atom stereocenters. The topological polar surface area (TPSA) is 76.1 Å². The lowest BCUT2D eigenvalue weighted by Gasteiger charge is -2.08. The first kappa shape index (κ1) is 16.8. The molecule has 1 aromatic heterocycles. The average molecular weight is 322 g/mol. The Morgan fingerprint density at radius 3 is 2.83 bits per heavy atom. The minimum atomic E-state index is -0.755. The molecule has 6 nitrogen and oxygen atoms in total. The van der Waals surface area contributed by atoms with Gasteiger partial charge in [-0.05, 0) is 18.6 Å². The van der Waals surface area contributed by atoms with Gasteiger partial charge in [-0.15, -0.1) is 0 Å². The maximum absolute atomic E-state index is 13.6. The van der Waals surface area contributed by atoms with E-state index in [4.69, 9.17) is 4.74 Å². The molecule has 1 aromatic carbocycles. The molecule has 0 aliphatic carbocycles. The molecule has 0 fully saturated rings. The summed E-state index contributed by atoms with van der Waals surface area (Å²) in [7, 11) is 1.58. The van der Waals surface area contributed by atoms with Crippen LogP contribution < -0.4 is 10.6 Å². The predicted molar refractivity (Wildman–Crippen MR) is 80.5 cm³/mol. The standard InChI is InChI=1S/C15H16F2N4O2/c1-23-6-2-5-18-15(22)13-8-14(20-9-19-13)21-12-4-3-10(16)7-11(12)17/h3-4,7-9H,2,5-6H2,1H3,(H,18,22)(H,19,20,21). The average Bonchev–Trinajstić information content (AvgIpc) is 2.54. The molecule has 23 heavy (non-hydrogen) atoms. The zero-order valence-corrected chi connectivity index (χ0v) is 12.5. The molecule has 2 aromatic rings. The van der Waals surface area contributed by atoms with Crippen molar-refractivity contribution < 1.29 is 18.3 Å². The third-order valence-electron chi connectivity index (χ3n) is 2.90. The Labute approximate surface area is 131 Å². The molecule has 0 aliphatic rings. The Kier molecular flexibility index (Phi) is 5.93. The van der Waals surface area contributed by atoms with Crippen LogP contribution in [0.5, 0.6) is 0 Å². The lowest BCUT2D eigenvalue weighted by Crippen LogP contribution is -2.26. The number of aromatic nitrogens is 2. The molecule has 0 radical (unpaired) electrons. The summed E-state index contributed by atoms with van der Waals surface area (Å²) in [6, 6.07) is 4.51. The van der Waals surface area contributed by atoms with Crippen LogP contribution in [0.3, 0.4) is 0 Å². The number of halogens is 2. The number of methoxy groups -OCH3 is 1. The molecule has 0 bridgehead atoms. The van der Waals surface area contributed by atoms with Crippen molar-refractivity contribution in [2.75, 3.05) is 25.6 Å². The molecule has 0 spiro atoms. The summed E-state index contributed by atoms with van der Waals surface area (Å²) in [5, 5.41) is 5.36. The van der Waals surface area contributed by atoms with Crippen molar-refractivity contribution in [2.24, 2.45) is 0 Å². The van der Waals surface area contributed by atoms with Gasteiger partial charge < -0.3 is 15.4 Å². The van der Waals surface area contributed by atoms with Gasteiger partial charge in [0.2, 0.25) is 0 Å². The highest BCUT2D eigenvalue weighted by Gasteiger charge is 2.10. The lowest BCUT2D eigenvalue weighted by atomic mass is 10.3. The number of anilines is 2. The van der Waals surface area contributed by atoms with Gasteiger partial charge in [0.25, 0.3) is 5.91 Å². The SMILES string of the molecule is COCCCNC(=O)c1cc(Nc2ccc(F)cc2F)ncn1. The summed E-state index contributed by atoms with van der Waals surface area (Å²) in [4.78, 5) is 19.7. The molecule has 0 saturated carbocycles. The molecule has 0 atom stereocenters. The highest BCUT2D eigenvalue weighted by molar-refractivity contribution is 5.92. The summed E-state index contributed by atoms with van der Waals surface area (Å²) in [6.07, 6.45) is 1.87. The van der Waals surface area contributed by atoms with Crippen LogP contribution in [-0.4, -0.2) is 36.1 Å². The van der Waals surface area contributed by atoms with E-state index in [1.54, 1.807) is 7.11 Å².